The van der Waals surface area contributed by atoms with E-state index in [1.165, 1.54) is 12.1 Å². The lowest BCUT2D eigenvalue weighted by Gasteiger charge is -2.10. The van der Waals surface area contributed by atoms with Crippen LogP contribution in [0.2, 0.25) is 5.02 Å². The van der Waals surface area contributed by atoms with Crippen LogP contribution in [0.4, 0.5) is 4.39 Å². The lowest BCUT2D eigenvalue weighted by atomic mass is 9.96. The third-order valence-electron chi connectivity index (χ3n) is 2.77. The van der Waals surface area contributed by atoms with Crippen molar-refractivity contribution in [2.24, 2.45) is 0 Å². The fraction of sp³-hybridized carbons (Fsp3) is 0.133. The van der Waals surface area contributed by atoms with Crippen LogP contribution in [0.25, 0.3) is 11.1 Å². The Morgan fingerprint density at radius 2 is 1.89 bits per heavy atom. The van der Waals surface area contributed by atoms with E-state index in [4.69, 9.17) is 11.6 Å². The molecule has 0 aliphatic heterocycles. The van der Waals surface area contributed by atoms with Gasteiger partial charge in [-0.25, -0.2) is 4.39 Å². The summed E-state index contributed by atoms with van der Waals surface area (Å²) in [5.74, 6) is -0.507. The maximum Gasteiger partial charge on any atom is 0.163 e. The van der Waals surface area contributed by atoms with Crippen molar-refractivity contribution in [3.63, 3.8) is 0 Å². The fourth-order valence-electron chi connectivity index (χ4n) is 1.85. The number of hydrogen-bond acceptors (Lipinski definition) is 1. The molecule has 2 rings (SSSR count). The molecule has 0 bridgehead atoms. The van der Waals surface area contributed by atoms with Crippen LogP contribution in [0.3, 0.4) is 0 Å². The number of benzene rings is 2. The molecule has 0 unspecified atom stereocenters. The smallest absolute Gasteiger partial charge is 0.163 e. The number of ketones is 1. The minimum Gasteiger partial charge on any atom is -0.294 e. The van der Waals surface area contributed by atoms with E-state index < -0.39 is 5.82 Å². The molecule has 2 aromatic carbocycles. The molecule has 0 aliphatic rings. The molecule has 92 valence electrons. The summed E-state index contributed by atoms with van der Waals surface area (Å²) in [7, 11) is 0. The standard InChI is InChI=1S/C15H12ClFO/c1-2-15(18)13-9-10(17)7-8-11(13)12-5-3-4-6-14(12)16/h3-9H,2H2,1H3. The first-order valence-electron chi connectivity index (χ1n) is 5.71. The first-order chi connectivity index (χ1) is 8.63. The van der Waals surface area contributed by atoms with Gasteiger partial charge in [0.2, 0.25) is 0 Å². The lowest BCUT2D eigenvalue weighted by Crippen LogP contribution is -2.00. The summed E-state index contributed by atoms with van der Waals surface area (Å²) >= 11 is 6.11. The Morgan fingerprint density at radius 1 is 1.17 bits per heavy atom. The lowest BCUT2D eigenvalue weighted by molar-refractivity contribution is 0.0988. The highest BCUT2D eigenvalue weighted by atomic mass is 35.5. The van der Waals surface area contributed by atoms with Gasteiger partial charge in [0.05, 0.1) is 0 Å². The number of hydrogen-bond donors (Lipinski definition) is 0. The molecular formula is C15H12ClFO. The molecular weight excluding hydrogens is 251 g/mol. The quantitative estimate of drug-likeness (QED) is 0.730. The third kappa shape index (κ3) is 2.44. The first kappa shape index (κ1) is 12.8. The minimum absolute atomic E-state index is 0.0931. The van der Waals surface area contributed by atoms with Gasteiger partial charge in [0.25, 0.3) is 0 Å². The first-order valence-corrected chi connectivity index (χ1v) is 6.09. The Morgan fingerprint density at radius 3 is 2.56 bits per heavy atom. The molecule has 18 heavy (non-hydrogen) atoms. The van der Waals surface area contributed by atoms with Crippen molar-refractivity contribution < 1.29 is 9.18 Å². The van der Waals surface area contributed by atoms with Crippen molar-refractivity contribution in [1.29, 1.82) is 0 Å². The highest BCUT2D eigenvalue weighted by Crippen LogP contribution is 2.31. The van der Waals surface area contributed by atoms with Crippen LogP contribution in [-0.4, -0.2) is 5.78 Å². The molecule has 0 fully saturated rings. The molecule has 0 N–H and O–H groups in total. The second-order valence-corrected chi connectivity index (χ2v) is 4.35. The number of rotatable bonds is 3. The van der Waals surface area contributed by atoms with Gasteiger partial charge in [-0.1, -0.05) is 42.8 Å². The molecule has 0 aliphatic carbocycles. The van der Waals surface area contributed by atoms with Gasteiger partial charge in [0.1, 0.15) is 5.82 Å². The summed E-state index contributed by atoms with van der Waals surface area (Å²) in [5.41, 5.74) is 1.80. The zero-order valence-electron chi connectivity index (χ0n) is 9.91. The van der Waals surface area contributed by atoms with Gasteiger partial charge in [-0.05, 0) is 23.8 Å². The Hall–Kier alpha value is -1.67. The van der Waals surface area contributed by atoms with Gasteiger partial charge in [0, 0.05) is 22.6 Å². The maximum atomic E-state index is 13.3. The zero-order chi connectivity index (χ0) is 13.1. The maximum absolute atomic E-state index is 13.3. The molecule has 0 spiro atoms. The van der Waals surface area contributed by atoms with E-state index in [0.29, 0.717) is 22.6 Å². The molecule has 0 amide bonds. The summed E-state index contributed by atoms with van der Waals surface area (Å²) < 4.78 is 13.3. The third-order valence-corrected chi connectivity index (χ3v) is 3.10. The summed E-state index contributed by atoms with van der Waals surface area (Å²) in [5, 5.41) is 0.550. The zero-order valence-corrected chi connectivity index (χ0v) is 10.7. The predicted molar refractivity (Wildman–Crippen MR) is 71.5 cm³/mol. The Kier molecular flexibility index (Phi) is 3.78. The number of halogens is 2. The van der Waals surface area contributed by atoms with Crippen LogP contribution in [0.1, 0.15) is 23.7 Å². The van der Waals surface area contributed by atoms with Crippen LogP contribution in [0.5, 0.6) is 0 Å². The summed E-state index contributed by atoms with van der Waals surface area (Å²) in [4.78, 5) is 11.9. The Labute approximate surface area is 110 Å². The molecule has 0 saturated carbocycles. The normalized spacial score (nSPS) is 10.4. The van der Waals surface area contributed by atoms with Gasteiger partial charge in [0.15, 0.2) is 5.78 Å². The van der Waals surface area contributed by atoms with Gasteiger partial charge in [-0.15, -0.1) is 0 Å². The molecule has 1 nitrogen and oxygen atoms in total. The van der Waals surface area contributed by atoms with Gasteiger partial charge in [-0.3, -0.25) is 4.79 Å². The van der Waals surface area contributed by atoms with Crippen molar-refractivity contribution >= 4 is 17.4 Å². The van der Waals surface area contributed by atoms with E-state index in [9.17, 15) is 9.18 Å². The monoisotopic (exact) mass is 262 g/mol. The van der Waals surface area contributed by atoms with Crippen LogP contribution < -0.4 is 0 Å². The number of carbonyl (C=O) groups excluding carboxylic acids is 1. The van der Waals surface area contributed by atoms with E-state index in [0.717, 1.165) is 5.56 Å². The minimum atomic E-state index is -0.414. The van der Waals surface area contributed by atoms with E-state index in [1.807, 2.05) is 18.2 Å². The average molecular weight is 263 g/mol. The second-order valence-electron chi connectivity index (χ2n) is 3.95. The fourth-order valence-corrected chi connectivity index (χ4v) is 2.09. The summed E-state index contributed by atoms with van der Waals surface area (Å²) in [6.45, 7) is 1.75. The van der Waals surface area contributed by atoms with Gasteiger partial charge < -0.3 is 0 Å². The summed E-state index contributed by atoms with van der Waals surface area (Å²) in [6.07, 6.45) is 0.334. The van der Waals surface area contributed by atoms with E-state index in [1.54, 1.807) is 19.1 Å². The Balaban J connectivity index is 2.64. The molecule has 0 heterocycles. The molecule has 0 aromatic heterocycles. The van der Waals surface area contributed by atoms with E-state index in [-0.39, 0.29) is 5.78 Å². The molecule has 0 saturated heterocycles. The average Bonchev–Trinajstić information content (AvgIpc) is 2.39. The SMILES string of the molecule is CCC(=O)c1cc(F)ccc1-c1ccccc1Cl. The Bertz CT molecular complexity index is 593. The second kappa shape index (κ2) is 5.32. The van der Waals surface area contributed by atoms with Gasteiger partial charge >= 0.3 is 0 Å². The van der Waals surface area contributed by atoms with Crippen LogP contribution >= 0.6 is 11.6 Å². The molecule has 2 aromatic rings. The van der Waals surface area contributed by atoms with Crippen LogP contribution in [-0.2, 0) is 0 Å². The summed E-state index contributed by atoms with van der Waals surface area (Å²) in [6, 6.07) is 11.4. The molecule has 0 atom stereocenters. The van der Waals surface area contributed by atoms with Crippen molar-refractivity contribution in [3.8, 4) is 11.1 Å². The molecule has 3 heteroatoms. The highest BCUT2D eigenvalue weighted by Gasteiger charge is 2.14. The molecule has 0 radical (unpaired) electrons. The largest absolute Gasteiger partial charge is 0.294 e. The topological polar surface area (TPSA) is 17.1 Å². The van der Waals surface area contributed by atoms with Crippen molar-refractivity contribution in [2.75, 3.05) is 0 Å². The van der Waals surface area contributed by atoms with Crippen molar-refractivity contribution in [1.82, 2.24) is 0 Å². The van der Waals surface area contributed by atoms with Crippen LogP contribution in [0.15, 0.2) is 42.5 Å². The van der Waals surface area contributed by atoms with Crippen LogP contribution in [0, 0.1) is 5.82 Å². The number of carbonyl (C=O) groups is 1. The van der Waals surface area contributed by atoms with Crippen molar-refractivity contribution in [3.05, 3.63) is 58.9 Å². The van der Waals surface area contributed by atoms with E-state index in [2.05, 4.69) is 0 Å². The van der Waals surface area contributed by atoms with Gasteiger partial charge in [-0.2, -0.15) is 0 Å². The van der Waals surface area contributed by atoms with E-state index >= 15 is 0 Å². The number of Topliss-reactive ketones (excluding diaryl/α,β-unsaturated/α-hetero) is 1. The van der Waals surface area contributed by atoms with Crippen molar-refractivity contribution in [2.45, 2.75) is 13.3 Å². The highest BCUT2D eigenvalue weighted by molar-refractivity contribution is 6.33. The predicted octanol–water partition coefficient (Wildman–Crippen LogP) is 4.74.